The molecule has 1 fully saturated rings. The van der Waals surface area contributed by atoms with E-state index in [4.69, 9.17) is 21.3 Å². The topological polar surface area (TPSA) is 71.5 Å². The SMILES string of the molecule is C=CCC1CN(C(=O)OC(C)(C)C)CCN1c1nc(SCC)nc2c(F)c(Cl)nc(Br)c12.CC. The van der Waals surface area contributed by atoms with Crippen LogP contribution >= 0.6 is 39.3 Å². The summed E-state index contributed by atoms with van der Waals surface area (Å²) < 4.78 is 20.8. The smallest absolute Gasteiger partial charge is 0.410 e. The van der Waals surface area contributed by atoms with Crippen LogP contribution < -0.4 is 4.90 Å². The molecule has 2 aromatic rings. The summed E-state index contributed by atoms with van der Waals surface area (Å²) in [6.07, 6.45) is 2.04. The molecule has 188 valence electrons. The highest BCUT2D eigenvalue weighted by Gasteiger charge is 2.34. The fraction of sp³-hybridized carbons (Fsp3) is 0.565. The number of hydrogen-bond donors (Lipinski definition) is 0. The minimum atomic E-state index is -0.681. The molecule has 1 aliphatic heterocycles. The number of anilines is 1. The number of hydrogen-bond acceptors (Lipinski definition) is 7. The van der Waals surface area contributed by atoms with Gasteiger partial charge in [0.05, 0.1) is 11.4 Å². The molecule has 0 aliphatic carbocycles. The molecule has 0 N–H and O–H groups in total. The summed E-state index contributed by atoms with van der Waals surface area (Å²) in [5.74, 6) is 0.602. The van der Waals surface area contributed by atoms with Crippen LogP contribution in [0.1, 0.15) is 48.0 Å². The van der Waals surface area contributed by atoms with Gasteiger partial charge in [-0.25, -0.2) is 24.1 Å². The Morgan fingerprint density at radius 3 is 2.59 bits per heavy atom. The molecule has 7 nitrogen and oxygen atoms in total. The highest BCUT2D eigenvalue weighted by molar-refractivity contribution is 9.10. The minimum Gasteiger partial charge on any atom is -0.444 e. The number of aromatic nitrogens is 3. The third kappa shape index (κ3) is 6.73. The monoisotopic (exact) mass is 575 g/mol. The molecule has 1 atom stereocenters. The Hall–Kier alpha value is -1.65. The van der Waals surface area contributed by atoms with Crippen molar-refractivity contribution >= 4 is 62.1 Å². The summed E-state index contributed by atoms with van der Waals surface area (Å²) >= 11 is 10.8. The Bertz CT molecular complexity index is 1040. The number of rotatable bonds is 5. The van der Waals surface area contributed by atoms with Crippen molar-refractivity contribution in [2.45, 2.75) is 64.8 Å². The van der Waals surface area contributed by atoms with Crippen molar-refractivity contribution in [3.8, 4) is 0 Å². The van der Waals surface area contributed by atoms with E-state index in [1.165, 1.54) is 11.8 Å². The summed E-state index contributed by atoms with van der Waals surface area (Å²) in [5, 5.41) is 0.654. The van der Waals surface area contributed by atoms with Gasteiger partial charge in [-0.15, -0.1) is 6.58 Å². The molecule has 3 heterocycles. The molecule has 11 heteroatoms. The van der Waals surface area contributed by atoms with Crippen molar-refractivity contribution in [3.05, 3.63) is 28.2 Å². The zero-order chi connectivity index (χ0) is 25.6. The molecule has 34 heavy (non-hydrogen) atoms. The van der Waals surface area contributed by atoms with Gasteiger partial charge in [0.2, 0.25) is 0 Å². The molecule has 0 spiro atoms. The zero-order valence-corrected chi connectivity index (χ0v) is 23.7. The second kappa shape index (κ2) is 12.4. The Morgan fingerprint density at radius 1 is 1.32 bits per heavy atom. The van der Waals surface area contributed by atoms with Gasteiger partial charge in [0.25, 0.3) is 0 Å². The highest BCUT2D eigenvalue weighted by atomic mass is 79.9. The number of halogens is 3. The van der Waals surface area contributed by atoms with Gasteiger partial charge in [-0.05, 0) is 48.9 Å². The van der Waals surface area contributed by atoms with Gasteiger partial charge in [-0.1, -0.05) is 50.2 Å². The van der Waals surface area contributed by atoms with E-state index in [2.05, 4.69) is 37.4 Å². The van der Waals surface area contributed by atoms with Crippen LogP contribution in [0.3, 0.4) is 0 Å². The lowest BCUT2D eigenvalue weighted by Gasteiger charge is -2.42. The Kier molecular flexibility index (Phi) is 10.4. The second-order valence-electron chi connectivity index (χ2n) is 8.29. The van der Waals surface area contributed by atoms with Crippen molar-refractivity contribution in [3.63, 3.8) is 0 Å². The molecular weight excluding hydrogens is 545 g/mol. The van der Waals surface area contributed by atoms with Crippen LogP contribution in [0.15, 0.2) is 22.4 Å². The fourth-order valence-electron chi connectivity index (χ4n) is 3.49. The highest BCUT2D eigenvalue weighted by Crippen LogP contribution is 2.37. The van der Waals surface area contributed by atoms with Crippen LogP contribution in [0, 0.1) is 5.82 Å². The predicted molar refractivity (Wildman–Crippen MR) is 142 cm³/mol. The maximum atomic E-state index is 14.9. The van der Waals surface area contributed by atoms with E-state index in [0.717, 1.165) is 5.75 Å². The first-order chi connectivity index (χ1) is 16.1. The standard InChI is InChI=1S/C21H26BrClFN5O2S.C2H6/c1-6-8-12-11-28(20(30)31-21(3,4)5)9-10-29(12)18-13-15(25-19(27-18)32-7-2)14(24)17(23)26-16(13)22;1-2/h6,12H,1,7-11H2,2-5H3;1-2H3. The van der Waals surface area contributed by atoms with E-state index in [9.17, 15) is 9.18 Å². The predicted octanol–water partition coefficient (Wildman–Crippen LogP) is 6.72. The van der Waals surface area contributed by atoms with Gasteiger partial charge in [0.15, 0.2) is 16.1 Å². The fourth-order valence-corrected chi connectivity index (χ4v) is 4.87. The second-order valence-corrected chi connectivity index (χ2v) is 10.6. The number of carbonyl (C=O) groups is 1. The van der Waals surface area contributed by atoms with E-state index < -0.39 is 11.4 Å². The minimum absolute atomic E-state index is 0.116. The average molecular weight is 577 g/mol. The molecule has 0 aromatic carbocycles. The number of thioether (sulfide) groups is 1. The van der Waals surface area contributed by atoms with E-state index in [1.807, 2.05) is 41.5 Å². The molecule has 2 aromatic heterocycles. The molecule has 1 amide bonds. The van der Waals surface area contributed by atoms with Crippen molar-refractivity contribution in [1.82, 2.24) is 19.9 Å². The average Bonchev–Trinajstić information content (AvgIpc) is 2.77. The lowest BCUT2D eigenvalue weighted by atomic mass is 10.1. The van der Waals surface area contributed by atoms with Crippen molar-refractivity contribution in [2.24, 2.45) is 0 Å². The van der Waals surface area contributed by atoms with Gasteiger partial charge < -0.3 is 14.5 Å². The van der Waals surface area contributed by atoms with Gasteiger partial charge >= 0.3 is 6.09 Å². The Morgan fingerprint density at radius 2 is 2.00 bits per heavy atom. The van der Waals surface area contributed by atoms with Gasteiger partial charge in [-0.2, -0.15) is 0 Å². The number of pyridine rings is 1. The number of ether oxygens (including phenoxy) is 1. The third-order valence-corrected chi connectivity index (χ3v) is 6.33. The summed E-state index contributed by atoms with van der Waals surface area (Å²) in [7, 11) is 0. The summed E-state index contributed by atoms with van der Waals surface area (Å²) in [4.78, 5) is 29.6. The van der Waals surface area contributed by atoms with Gasteiger partial charge in [0, 0.05) is 19.6 Å². The van der Waals surface area contributed by atoms with Crippen LogP contribution in [0.2, 0.25) is 5.15 Å². The van der Waals surface area contributed by atoms with E-state index in [1.54, 1.807) is 11.0 Å². The van der Waals surface area contributed by atoms with Crippen molar-refractivity contribution in [1.29, 1.82) is 0 Å². The van der Waals surface area contributed by atoms with Crippen LogP contribution in [0.4, 0.5) is 15.0 Å². The molecule has 1 aliphatic rings. The zero-order valence-electron chi connectivity index (χ0n) is 20.5. The van der Waals surface area contributed by atoms with Gasteiger partial charge in [0.1, 0.15) is 21.5 Å². The number of piperazine rings is 1. The van der Waals surface area contributed by atoms with Crippen molar-refractivity contribution < 1.29 is 13.9 Å². The first-order valence-corrected chi connectivity index (χ1v) is 13.4. The van der Waals surface area contributed by atoms with E-state index in [-0.39, 0.29) is 22.8 Å². The first kappa shape index (κ1) is 28.6. The summed E-state index contributed by atoms with van der Waals surface area (Å²) in [6.45, 7) is 16.7. The number of fused-ring (bicyclic) bond motifs is 1. The summed E-state index contributed by atoms with van der Waals surface area (Å²) in [5.41, 5.74) is -0.463. The molecule has 0 radical (unpaired) electrons. The van der Waals surface area contributed by atoms with Crippen LogP contribution in [0.5, 0.6) is 0 Å². The van der Waals surface area contributed by atoms with Crippen molar-refractivity contribution in [2.75, 3.05) is 30.3 Å². The maximum Gasteiger partial charge on any atom is 0.410 e. The number of nitrogens with zero attached hydrogens (tertiary/aromatic N) is 5. The molecule has 1 saturated heterocycles. The first-order valence-electron chi connectivity index (χ1n) is 11.3. The molecule has 1 unspecified atom stereocenters. The van der Waals surface area contributed by atoms with E-state index >= 15 is 0 Å². The van der Waals surface area contributed by atoms with Crippen LogP contribution in [-0.2, 0) is 4.74 Å². The lowest BCUT2D eigenvalue weighted by Crippen LogP contribution is -2.55. The third-order valence-electron chi connectivity index (χ3n) is 4.78. The number of carbonyl (C=O) groups excluding carboxylic acids is 1. The quantitative estimate of drug-likeness (QED) is 0.169. The molecule has 0 saturated carbocycles. The van der Waals surface area contributed by atoms with Crippen LogP contribution in [0.25, 0.3) is 10.9 Å². The lowest BCUT2D eigenvalue weighted by molar-refractivity contribution is 0.0214. The normalized spacial score (nSPS) is 16.2. The molecule has 3 rings (SSSR count). The van der Waals surface area contributed by atoms with Gasteiger partial charge in [-0.3, -0.25) is 0 Å². The number of amides is 1. The largest absolute Gasteiger partial charge is 0.444 e. The Balaban J connectivity index is 0.00000199. The van der Waals surface area contributed by atoms with Crippen LogP contribution in [-0.4, -0.2) is 63.0 Å². The summed E-state index contributed by atoms with van der Waals surface area (Å²) in [6, 6.07) is -0.128. The molecular formula is C23H32BrClFN5O2S. The van der Waals surface area contributed by atoms with E-state index in [0.29, 0.717) is 47.0 Å². The molecule has 0 bridgehead atoms. The Labute approximate surface area is 218 Å². The maximum absolute atomic E-state index is 14.9.